The highest BCUT2D eigenvalue weighted by molar-refractivity contribution is 7.92. The molecular weight excluding hydrogens is 558 g/mol. The number of anilines is 1. The van der Waals surface area contributed by atoms with Crippen LogP contribution in [0.5, 0.6) is 0 Å². The van der Waals surface area contributed by atoms with Gasteiger partial charge in [0.1, 0.15) is 0 Å². The lowest BCUT2D eigenvalue weighted by atomic mass is 10.1. The molecule has 0 spiro atoms. The van der Waals surface area contributed by atoms with Gasteiger partial charge in [0.15, 0.2) is 26.8 Å². The number of benzene rings is 1. The molecule has 14 heteroatoms. The predicted molar refractivity (Wildman–Crippen MR) is 148 cm³/mol. The number of aromatic nitrogens is 1. The number of sulfone groups is 1. The summed E-state index contributed by atoms with van der Waals surface area (Å²) in [5.74, 6) is -0.521. The largest absolute Gasteiger partial charge is 0.389 e. The smallest absolute Gasteiger partial charge is 0.280 e. The fourth-order valence-electron chi connectivity index (χ4n) is 4.86. The van der Waals surface area contributed by atoms with Crippen molar-refractivity contribution in [2.24, 2.45) is 5.16 Å². The highest BCUT2D eigenvalue weighted by Gasteiger charge is 2.31. The minimum absolute atomic E-state index is 0.00982. The van der Waals surface area contributed by atoms with Gasteiger partial charge in [-0.2, -0.15) is 0 Å². The quantitative estimate of drug-likeness (QED) is 0.247. The molecule has 1 aromatic heterocycles. The fourth-order valence-corrected chi connectivity index (χ4v) is 7.30. The van der Waals surface area contributed by atoms with Crippen molar-refractivity contribution in [1.82, 2.24) is 14.8 Å². The van der Waals surface area contributed by atoms with Gasteiger partial charge in [-0.1, -0.05) is 17.3 Å². The second-order valence-corrected chi connectivity index (χ2v) is 13.4. The van der Waals surface area contributed by atoms with E-state index in [-0.39, 0.29) is 29.4 Å². The van der Waals surface area contributed by atoms with Crippen molar-refractivity contribution in [3.63, 3.8) is 0 Å². The van der Waals surface area contributed by atoms with Crippen LogP contribution in [0.4, 0.5) is 5.13 Å². The van der Waals surface area contributed by atoms with E-state index in [0.29, 0.717) is 56.4 Å². The van der Waals surface area contributed by atoms with Crippen molar-refractivity contribution in [1.29, 1.82) is 0 Å². The Balaban J connectivity index is 1.28. The summed E-state index contributed by atoms with van der Waals surface area (Å²) >= 11 is 1.36. The van der Waals surface area contributed by atoms with Crippen molar-refractivity contribution in [2.45, 2.75) is 48.6 Å². The Hall–Kier alpha value is -2.91. The Labute approximate surface area is 237 Å². The number of thiazole rings is 1. The molecule has 4 heterocycles. The van der Waals surface area contributed by atoms with Crippen molar-refractivity contribution in [3.05, 3.63) is 40.9 Å². The van der Waals surface area contributed by atoms with Crippen LogP contribution in [-0.4, -0.2) is 105 Å². The molecule has 0 unspecified atom stereocenters. The maximum atomic E-state index is 13.4. The number of nitrogens with zero attached hydrogens (tertiary/aromatic N) is 4. The van der Waals surface area contributed by atoms with Crippen LogP contribution in [-0.2, 0) is 40.3 Å². The fraction of sp³-hybridized carbons (Fsp3) is 0.538. The number of piperazine rings is 1. The summed E-state index contributed by atoms with van der Waals surface area (Å²) in [5.41, 5.74) is 0.424. The zero-order valence-electron chi connectivity index (χ0n) is 22.2. The minimum Gasteiger partial charge on any atom is -0.389 e. The van der Waals surface area contributed by atoms with E-state index in [0.717, 1.165) is 24.4 Å². The maximum Gasteiger partial charge on any atom is 0.280 e. The second-order valence-electron chi connectivity index (χ2n) is 10.1. The van der Waals surface area contributed by atoms with Gasteiger partial charge in [0.25, 0.3) is 5.91 Å². The number of hydrogen-bond donors (Lipinski definition) is 1. The number of rotatable bonds is 10. The minimum atomic E-state index is -3.54. The number of oxime groups is 1. The first kappa shape index (κ1) is 28.6. The topological polar surface area (TPSA) is 140 Å². The van der Waals surface area contributed by atoms with E-state index in [1.165, 1.54) is 23.5 Å². The van der Waals surface area contributed by atoms with Gasteiger partial charge in [-0.25, -0.2) is 13.4 Å². The number of hydrogen-bond acceptors (Lipinski definition) is 11. The lowest BCUT2D eigenvalue weighted by Crippen LogP contribution is -2.50. The van der Waals surface area contributed by atoms with Gasteiger partial charge in [0.05, 0.1) is 30.0 Å². The van der Waals surface area contributed by atoms with Gasteiger partial charge < -0.3 is 19.2 Å². The average molecular weight is 592 g/mol. The molecular formula is C26H33N5O7S2. The highest BCUT2D eigenvalue weighted by Crippen LogP contribution is 2.24. The van der Waals surface area contributed by atoms with Crippen LogP contribution < -0.4 is 5.32 Å². The SMILES string of the molecule is C[C@H]1CN(Cc2cnc(NC(=O)C(=NO[C@@H]3CCOC3)c3ccc(S(=O)(=O)[C@H]4CCOC4)cc3)s2)CCN1C=O. The van der Waals surface area contributed by atoms with Crippen LogP contribution in [0.3, 0.4) is 0 Å². The van der Waals surface area contributed by atoms with Crippen LogP contribution >= 0.6 is 11.3 Å². The molecule has 3 atom stereocenters. The normalized spacial score (nSPS) is 24.3. The molecule has 3 fully saturated rings. The van der Waals surface area contributed by atoms with Crippen molar-refractivity contribution in [2.75, 3.05) is 51.4 Å². The molecule has 5 rings (SSSR count). The molecule has 1 N–H and O–H groups in total. The summed E-state index contributed by atoms with van der Waals surface area (Å²) in [7, 11) is -3.54. The summed E-state index contributed by atoms with van der Waals surface area (Å²) in [4.78, 5) is 39.6. The van der Waals surface area contributed by atoms with E-state index < -0.39 is 21.0 Å². The van der Waals surface area contributed by atoms with Crippen molar-refractivity contribution >= 4 is 44.3 Å². The number of ether oxygens (including phenoxy) is 2. The van der Waals surface area contributed by atoms with Gasteiger partial charge >= 0.3 is 0 Å². The molecule has 2 aromatic rings. The summed E-state index contributed by atoms with van der Waals surface area (Å²) in [6.07, 6.45) is 3.47. The molecule has 12 nitrogen and oxygen atoms in total. The highest BCUT2D eigenvalue weighted by atomic mass is 32.2. The monoisotopic (exact) mass is 591 g/mol. The second kappa shape index (κ2) is 12.7. The first-order chi connectivity index (χ1) is 19.3. The van der Waals surface area contributed by atoms with Crippen LogP contribution in [0.1, 0.15) is 30.2 Å². The molecule has 3 saturated heterocycles. The lowest BCUT2D eigenvalue weighted by molar-refractivity contribution is -0.122. The molecule has 0 aliphatic carbocycles. The van der Waals surface area contributed by atoms with Gasteiger partial charge in [-0.3, -0.25) is 19.8 Å². The number of amides is 2. The van der Waals surface area contributed by atoms with Crippen LogP contribution in [0.15, 0.2) is 40.5 Å². The molecule has 2 amide bonds. The molecule has 40 heavy (non-hydrogen) atoms. The molecule has 3 aliphatic heterocycles. The third-order valence-corrected chi connectivity index (χ3v) is 10.3. The Kier molecular flexibility index (Phi) is 9.10. The van der Waals surface area contributed by atoms with E-state index in [4.69, 9.17) is 14.3 Å². The summed E-state index contributed by atoms with van der Waals surface area (Å²) in [5, 5.41) is 6.80. The Morgan fingerprint density at radius 3 is 2.65 bits per heavy atom. The van der Waals surface area contributed by atoms with Crippen LogP contribution in [0.25, 0.3) is 0 Å². The van der Waals surface area contributed by atoms with Gasteiger partial charge in [-0.05, 0) is 25.5 Å². The third kappa shape index (κ3) is 6.69. The summed E-state index contributed by atoms with van der Waals surface area (Å²) < 4.78 is 36.4. The number of nitrogens with one attached hydrogen (secondary N) is 1. The zero-order chi connectivity index (χ0) is 28.1. The maximum absolute atomic E-state index is 13.4. The Morgan fingerprint density at radius 1 is 1.20 bits per heavy atom. The van der Waals surface area contributed by atoms with Gasteiger partial charge in [0.2, 0.25) is 6.41 Å². The molecule has 1 aromatic carbocycles. The first-order valence-electron chi connectivity index (χ1n) is 13.3. The van der Waals surface area contributed by atoms with E-state index in [9.17, 15) is 18.0 Å². The average Bonchev–Trinajstić information content (AvgIpc) is 3.73. The van der Waals surface area contributed by atoms with Crippen LogP contribution in [0, 0.1) is 0 Å². The summed E-state index contributed by atoms with van der Waals surface area (Å²) in [6.45, 7) is 6.43. The first-order valence-corrected chi connectivity index (χ1v) is 15.6. The van der Waals surface area contributed by atoms with Gasteiger partial charge in [0, 0.05) is 61.9 Å². The predicted octanol–water partition coefficient (Wildman–Crippen LogP) is 1.52. The van der Waals surface area contributed by atoms with E-state index in [1.807, 2.05) is 6.92 Å². The third-order valence-electron chi connectivity index (χ3n) is 7.23. The van der Waals surface area contributed by atoms with E-state index in [1.54, 1.807) is 23.2 Å². The number of carbonyl (C=O) groups excluding carboxylic acids is 2. The standard InChI is InChI=1S/C26H33N5O7S2/c1-18-13-30(8-9-31(18)17-32)14-21-12-27-26(39-21)28-25(33)24(29-38-20-6-10-36-15-20)19-2-4-22(5-3-19)40(34,35)23-7-11-37-16-23/h2-5,12,17-18,20,23H,6-11,13-16H2,1H3,(H,27,28,33)/t18-,20+,23-/m0/s1. The molecule has 3 aliphatic rings. The van der Waals surface area contributed by atoms with Crippen molar-refractivity contribution in [3.8, 4) is 0 Å². The summed E-state index contributed by atoms with van der Waals surface area (Å²) in [6, 6.07) is 6.22. The zero-order valence-corrected chi connectivity index (χ0v) is 23.9. The molecule has 0 radical (unpaired) electrons. The van der Waals surface area contributed by atoms with Gasteiger partial charge in [-0.15, -0.1) is 11.3 Å². The van der Waals surface area contributed by atoms with Crippen LogP contribution in [0.2, 0.25) is 0 Å². The van der Waals surface area contributed by atoms with E-state index in [2.05, 4.69) is 20.4 Å². The van der Waals surface area contributed by atoms with E-state index >= 15 is 0 Å². The lowest BCUT2D eigenvalue weighted by Gasteiger charge is -2.37. The molecule has 216 valence electrons. The Bertz CT molecular complexity index is 1320. The Morgan fingerprint density at radius 2 is 1.98 bits per heavy atom. The molecule has 0 saturated carbocycles. The molecule has 0 bridgehead atoms. The number of carbonyl (C=O) groups is 2. The van der Waals surface area contributed by atoms with Crippen molar-refractivity contribution < 1.29 is 32.3 Å².